The van der Waals surface area contributed by atoms with Crippen LogP contribution in [0.2, 0.25) is 0 Å². The summed E-state index contributed by atoms with van der Waals surface area (Å²) < 4.78 is 0. The maximum absolute atomic E-state index is 12.6. The van der Waals surface area contributed by atoms with Gasteiger partial charge in [-0.25, -0.2) is 0 Å². The minimum Gasteiger partial charge on any atom is -0.507 e. The molecule has 0 saturated heterocycles. The number of hydrogen-bond acceptors (Lipinski definition) is 4. The molecule has 6 heteroatoms. The van der Waals surface area contributed by atoms with Gasteiger partial charge in [0, 0.05) is 41.9 Å². The Morgan fingerprint density at radius 1 is 1.04 bits per heavy atom. The Hall–Kier alpha value is -3.41. The smallest absolute Gasteiger partial charge is 0.313 e. The van der Waals surface area contributed by atoms with E-state index in [1.807, 2.05) is 19.1 Å². The molecule has 3 rings (SSSR count). The molecule has 0 aliphatic carbocycles. The van der Waals surface area contributed by atoms with Crippen molar-refractivity contribution in [2.45, 2.75) is 13.3 Å². The van der Waals surface area contributed by atoms with Crippen LogP contribution in [0.4, 0.5) is 5.69 Å². The number of likely N-dealkylation sites (N-methyl/N-ethyl adjacent to an activating group) is 1. The number of aromatic hydroxyl groups is 1. The maximum Gasteiger partial charge on any atom is 0.313 e. The zero-order valence-corrected chi connectivity index (χ0v) is 15.1. The summed E-state index contributed by atoms with van der Waals surface area (Å²) in [5.74, 6) is -1.14. The van der Waals surface area contributed by atoms with Gasteiger partial charge in [0.15, 0.2) is 0 Å². The summed E-state index contributed by atoms with van der Waals surface area (Å²) >= 11 is 0. The van der Waals surface area contributed by atoms with Crippen LogP contribution in [0.25, 0.3) is 10.8 Å². The predicted molar refractivity (Wildman–Crippen MR) is 104 cm³/mol. The number of nitrogens with one attached hydrogen (secondary N) is 1. The molecule has 0 radical (unpaired) electrons. The number of phenols is 1. The third-order valence-electron chi connectivity index (χ3n) is 4.43. The van der Waals surface area contributed by atoms with Crippen LogP contribution in [0.5, 0.6) is 5.75 Å². The van der Waals surface area contributed by atoms with Gasteiger partial charge in [-0.1, -0.05) is 24.3 Å². The standard InChI is InChI=1S/C21H21N3O3/c1-2-24(14-11-15-9-12-22-13-10-15)21(27)20(26)23-18-7-3-6-17-16(18)5-4-8-19(17)25/h3-10,12-13,25H,2,11,14H2,1H3,(H,23,26). The Balaban J connectivity index is 1.71. The van der Waals surface area contributed by atoms with Crippen LogP contribution in [0.15, 0.2) is 60.9 Å². The van der Waals surface area contributed by atoms with Gasteiger partial charge in [-0.2, -0.15) is 0 Å². The van der Waals surface area contributed by atoms with Crippen LogP contribution >= 0.6 is 0 Å². The molecule has 0 atom stereocenters. The second kappa shape index (κ2) is 8.31. The molecule has 0 bridgehead atoms. The maximum atomic E-state index is 12.6. The first kappa shape index (κ1) is 18.4. The van der Waals surface area contributed by atoms with E-state index in [4.69, 9.17) is 0 Å². The van der Waals surface area contributed by atoms with E-state index in [0.717, 1.165) is 5.56 Å². The molecule has 0 unspecified atom stereocenters. The number of benzene rings is 2. The van der Waals surface area contributed by atoms with Crippen LogP contribution in [-0.4, -0.2) is 39.9 Å². The van der Waals surface area contributed by atoms with E-state index in [0.29, 0.717) is 36.0 Å². The summed E-state index contributed by atoms with van der Waals surface area (Å²) in [5, 5.41) is 13.9. The molecule has 0 aliphatic rings. The first-order chi connectivity index (χ1) is 13.1. The van der Waals surface area contributed by atoms with Crippen LogP contribution in [0.3, 0.4) is 0 Å². The summed E-state index contributed by atoms with van der Waals surface area (Å²) in [5.41, 5.74) is 1.55. The number of carbonyl (C=O) groups excluding carboxylic acids is 2. The predicted octanol–water partition coefficient (Wildman–Crippen LogP) is 2.97. The average molecular weight is 363 g/mol. The van der Waals surface area contributed by atoms with Crippen LogP contribution in [0.1, 0.15) is 12.5 Å². The first-order valence-electron chi connectivity index (χ1n) is 8.80. The highest BCUT2D eigenvalue weighted by Gasteiger charge is 2.21. The summed E-state index contributed by atoms with van der Waals surface area (Å²) in [6, 6.07) is 14.0. The third-order valence-corrected chi connectivity index (χ3v) is 4.43. The Labute approximate surface area is 157 Å². The molecule has 0 saturated carbocycles. The zero-order valence-electron chi connectivity index (χ0n) is 15.1. The van der Waals surface area contributed by atoms with E-state index in [1.54, 1.807) is 48.8 Å². The van der Waals surface area contributed by atoms with Crippen LogP contribution < -0.4 is 5.32 Å². The van der Waals surface area contributed by atoms with E-state index in [1.165, 1.54) is 4.90 Å². The lowest BCUT2D eigenvalue weighted by atomic mass is 10.1. The second-order valence-electron chi connectivity index (χ2n) is 6.12. The lowest BCUT2D eigenvalue weighted by molar-refractivity contribution is -0.143. The van der Waals surface area contributed by atoms with Gasteiger partial charge in [-0.15, -0.1) is 0 Å². The third kappa shape index (κ3) is 4.23. The topological polar surface area (TPSA) is 82.5 Å². The van der Waals surface area contributed by atoms with Crippen molar-refractivity contribution >= 4 is 28.3 Å². The number of amides is 2. The largest absolute Gasteiger partial charge is 0.507 e. The van der Waals surface area contributed by atoms with Gasteiger partial charge in [0.1, 0.15) is 5.75 Å². The average Bonchev–Trinajstić information content (AvgIpc) is 2.70. The number of phenolic OH excluding ortho intramolecular Hbond substituents is 1. The van der Waals surface area contributed by atoms with E-state index in [-0.39, 0.29) is 5.75 Å². The number of rotatable bonds is 5. The van der Waals surface area contributed by atoms with Gasteiger partial charge in [0.2, 0.25) is 0 Å². The first-order valence-corrected chi connectivity index (χ1v) is 8.80. The van der Waals surface area contributed by atoms with Crippen molar-refractivity contribution in [1.82, 2.24) is 9.88 Å². The highest BCUT2D eigenvalue weighted by atomic mass is 16.3. The second-order valence-corrected chi connectivity index (χ2v) is 6.12. The van der Waals surface area contributed by atoms with E-state index >= 15 is 0 Å². The highest BCUT2D eigenvalue weighted by molar-refractivity contribution is 6.40. The summed E-state index contributed by atoms with van der Waals surface area (Å²) in [4.78, 5) is 30.5. The molecule has 0 spiro atoms. The molecule has 0 fully saturated rings. The fraction of sp³-hybridized carbons (Fsp3) is 0.190. The summed E-state index contributed by atoms with van der Waals surface area (Å²) in [7, 11) is 0. The summed E-state index contributed by atoms with van der Waals surface area (Å²) in [6.45, 7) is 2.73. The lowest BCUT2D eigenvalue weighted by Gasteiger charge is -2.20. The van der Waals surface area contributed by atoms with E-state index in [2.05, 4.69) is 10.3 Å². The number of hydrogen-bond donors (Lipinski definition) is 2. The quantitative estimate of drug-likeness (QED) is 0.683. The molecule has 2 amide bonds. The highest BCUT2D eigenvalue weighted by Crippen LogP contribution is 2.29. The van der Waals surface area contributed by atoms with Crippen molar-refractivity contribution in [3.8, 4) is 5.75 Å². The van der Waals surface area contributed by atoms with E-state index < -0.39 is 11.8 Å². The molecule has 27 heavy (non-hydrogen) atoms. The van der Waals surface area contributed by atoms with Gasteiger partial charge in [-0.05, 0) is 43.2 Å². The monoisotopic (exact) mass is 363 g/mol. The fourth-order valence-corrected chi connectivity index (χ4v) is 2.94. The minimum atomic E-state index is -0.692. The van der Waals surface area contributed by atoms with Crippen molar-refractivity contribution in [3.05, 3.63) is 66.5 Å². The minimum absolute atomic E-state index is 0.127. The number of aromatic nitrogens is 1. The zero-order chi connectivity index (χ0) is 19.2. The number of pyridine rings is 1. The van der Waals surface area contributed by atoms with Gasteiger partial charge < -0.3 is 15.3 Å². The molecule has 0 aliphatic heterocycles. The Morgan fingerprint density at radius 2 is 1.74 bits per heavy atom. The molecule has 3 aromatic rings. The Morgan fingerprint density at radius 3 is 2.48 bits per heavy atom. The van der Waals surface area contributed by atoms with Gasteiger partial charge in [0.25, 0.3) is 0 Å². The van der Waals surface area contributed by atoms with Crippen LogP contribution in [0, 0.1) is 0 Å². The van der Waals surface area contributed by atoms with Gasteiger partial charge in [0.05, 0.1) is 0 Å². The molecular formula is C21H21N3O3. The lowest BCUT2D eigenvalue weighted by Crippen LogP contribution is -2.40. The molecule has 6 nitrogen and oxygen atoms in total. The molecule has 1 heterocycles. The van der Waals surface area contributed by atoms with E-state index in [9.17, 15) is 14.7 Å². The summed E-state index contributed by atoms with van der Waals surface area (Å²) in [6.07, 6.45) is 4.06. The SMILES string of the molecule is CCN(CCc1ccncc1)C(=O)C(=O)Nc1cccc2c(O)cccc12. The van der Waals surface area contributed by atoms with Crippen molar-refractivity contribution in [3.63, 3.8) is 0 Å². The molecule has 2 N–H and O–H groups in total. The molecule has 2 aromatic carbocycles. The number of carbonyl (C=O) groups is 2. The molecular weight excluding hydrogens is 342 g/mol. The Kier molecular flexibility index (Phi) is 5.66. The van der Waals surface area contributed by atoms with Crippen molar-refractivity contribution in [2.24, 2.45) is 0 Å². The number of fused-ring (bicyclic) bond motifs is 1. The molecule has 1 aromatic heterocycles. The van der Waals surface area contributed by atoms with Gasteiger partial charge >= 0.3 is 11.8 Å². The number of nitrogens with zero attached hydrogens (tertiary/aromatic N) is 2. The Bertz CT molecular complexity index is 957. The van der Waals surface area contributed by atoms with Crippen molar-refractivity contribution in [1.29, 1.82) is 0 Å². The van der Waals surface area contributed by atoms with Crippen LogP contribution in [-0.2, 0) is 16.0 Å². The number of anilines is 1. The fourth-order valence-electron chi connectivity index (χ4n) is 2.94. The van der Waals surface area contributed by atoms with Crippen molar-refractivity contribution < 1.29 is 14.7 Å². The van der Waals surface area contributed by atoms with Crippen molar-refractivity contribution in [2.75, 3.05) is 18.4 Å². The normalized spacial score (nSPS) is 10.6. The molecule has 138 valence electrons. The van der Waals surface area contributed by atoms with Gasteiger partial charge in [-0.3, -0.25) is 14.6 Å².